The molecule has 6 heteroatoms. The minimum atomic E-state index is -0.364. The highest BCUT2D eigenvalue weighted by Crippen LogP contribution is 2.27. The molecule has 0 aromatic heterocycles. The second-order valence-corrected chi connectivity index (χ2v) is 5.64. The molecular formula is C13H14Cl2N2O2. The molecule has 1 aromatic rings. The van der Waals surface area contributed by atoms with Gasteiger partial charge in [-0.2, -0.15) is 0 Å². The molecule has 2 atom stereocenters. The molecule has 102 valence electrons. The normalized spacial score (nSPS) is 22.6. The minimum Gasteiger partial charge on any atom is -0.369 e. The van der Waals surface area contributed by atoms with Crippen LogP contribution in [0.4, 0.5) is 0 Å². The number of primary amides is 1. The molecule has 19 heavy (non-hydrogen) atoms. The average Bonchev–Trinajstić information content (AvgIpc) is 2.74. The summed E-state index contributed by atoms with van der Waals surface area (Å²) < 4.78 is 0. The Morgan fingerprint density at radius 2 is 1.95 bits per heavy atom. The molecular weight excluding hydrogens is 287 g/mol. The highest BCUT2D eigenvalue weighted by atomic mass is 35.5. The molecule has 1 aliphatic rings. The van der Waals surface area contributed by atoms with Crippen molar-refractivity contribution in [3.05, 3.63) is 33.8 Å². The molecule has 1 aromatic carbocycles. The maximum Gasteiger partial charge on any atom is 0.253 e. The van der Waals surface area contributed by atoms with E-state index in [1.165, 1.54) is 6.07 Å². The Morgan fingerprint density at radius 3 is 2.47 bits per heavy atom. The fraction of sp³-hybridized carbons (Fsp3) is 0.385. The molecule has 1 heterocycles. The van der Waals surface area contributed by atoms with E-state index in [2.05, 4.69) is 0 Å². The van der Waals surface area contributed by atoms with Crippen molar-refractivity contribution in [3.63, 3.8) is 0 Å². The second-order valence-electron chi connectivity index (χ2n) is 4.83. The lowest BCUT2D eigenvalue weighted by molar-refractivity contribution is -0.122. The van der Waals surface area contributed by atoms with Gasteiger partial charge in [-0.15, -0.1) is 0 Å². The van der Waals surface area contributed by atoms with Crippen molar-refractivity contribution < 1.29 is 9.59 Å². The first kappa shape index (κ1) is 14.2. The number of nitrogens with zero attached hydrogens (tertiary/aromatic N) is 1. The van der Waals surface area contributed by atoms with Crippen LogP contribution < -0.4 is 5.73 Å². The van der Waals surface area contributed by atoms with Gasteiger partial charge in [0.05, 0.1) is 16.0 Å². The lowest BCUT2D eigenvalue weighted by atomic mass is 9.98. The van der Waals surface area contributed by atoms with Crippen molar-refractivity contribution in [3.8, 4) is 0 Å². The summed E-state index contributed by atoms with van der Waals surface area (Å²) in [7, 11) is 0. The first-order valence-electron chi connectivity index (χ1n) is 5.93. The monoisotopic (exact) mass is 300 g/mol. The molecule has 1 saturated heterocycles. The van der Waals surface area contributed by atoms with Crippen molar-refractivity contribution in [1.29, 1.82) is 0 Å². The van der Waals surface area contributed by atoms with Crippen LogP contribution in [0.15, 0.2) is 18.2 Å². The average molecular weight is 301 g/mol. The summed E-state index contributed by atoms with van der Waals surface area (Å²) in [5.74, 6) is -0.734. The van der Waals surface area contributed by atoms with Crippen LogP contribution >= 0.6 is 23.2 Å². The van der Waals surface area contributed by atoms with Gasteiger partial charge in [0.15, 0.2) is 0 Å². The van der Waals surface area contributed by atoms with Gasteiger partial charge in [-0.1, -0.05) is 30.1 Å². The third-order valence-corrected chi connectivity index (χ3v) is 4.17. The fourth-order valence-electron chi connectivity index (χ4n) is 2.31. The number of benzene rings is 1. The molecule has 0 radical (unpaired) electrons. The fourth-order valence-corrected chi connectivity index (χ4v) is 2.61. The van der Waals surface area contributed by atoms with Crippen LogP contribution in [0.5, 0.6) is 0 Å². The van der Waals surface area contributed by atoms with Gasteiger partial charge in [-0.3, -0.25) is 9.59 Å². The van der Waals surface area contributed by atoms with E-state index in [-0.39, 0.29) is 23.7 Å². The molecule has 0 spiro atoms. The van der Waals surface area contributed by atoms with Gasteiger partial charge in [-0.25, -0.2) is 0 Å². The molecule has 2 N–H and O–H groups in total. The van der Waals surface area contributed by atoms with Crippen molar-refractivity contribution >= 4 is 35.0 Å². The number of rotatable bonds is 2. The number of hydrogen-bond acceptors (Lipinski definition) is 2. The Hall–Kier alpha value is -1.26. The van der Waals surface area contributed by atoms with Gasteiger partial charge < -0.3 is 10.6 Å². The molecule has 0 aliphatic carbocycles. The zero-order chi connectivity index (χ0) is 14.2. The number of nitrogens with two attached hydrogens (primary N) is 1. The van der Waals surface area contributed by atoms with Crippen molar-refractivity contribution in [2.24, 2.45) is 17.6 Å². The molecule has 4 nitrogen and oxygen atoms in total. The minimum absolute atomic E-state index is 0.0734. The highest BCUT2D eigenvalue weighted by molar-refractivity contribution is 6.42. The van der Waals surface area contributed by atoms with Crippen LogP contribution in [0.3, 0.4) is 0 Å². The zero-order valence-corrected chi connectivity index (χ0v) is 11.9. The number of carbonyl (C=O) groups excluding carboxylic acids is 2. The summed E-state index contributed by atoms with van der Waals surface area (Å²) in [4.78, 5) is 25.2. The van der Waals surface area contributed by atoms with Crippen molar-refractivity contribution in [2.75, 3.05) is 13.1 Å². The topological polar surface area (TPSA) is 63.4 Å². The van der Waals surface area contributed by atoms with E-state index in [0.717, 1.165) is 0 Å². The van der Waals surface area contributed by atoms with E-state index in [9.17, 15) is 9.59 Å². The lowest BCUT2D eigenvalue weighted by Gasteiger charge is -2.16. The third kappa shape index (κ3) is 2.85. The maximum absolute atomic E-state index is 12.3. The van der Waals surface area contributed by atoms with E-state index >= 15 is 0 Å². The van der Waals surface area contributed by atoms with E-state index in [4.69, 9.17) is 28.9 Å². The van der Waals surface area contributed by atoms with Gasteiger partial charge >= 0.3 is 0 Å². The molecule has 2 rings (SSSR count). The number of hydrogen-bond donors (Lipinski definition) is 1. The van der Waals surface area contributed by atoms with Gasteiger partial charge in [0, 0.05) is 18.7 Å². The Kier molecular flexibility index (Phi) is 4.02. The van der Waals surface area contributed by atoms with Crippen LogP contribution in [0.1, 0.15) is 17.3 Å². The number of likely N-dealkylation sites (tertiary alicyclic amines) is 1. The lowest BCUT2D eigenvalue weighted by Crippen LogP contribution is -2.32. The third-order valence-electron chi connectivity index (χ3n) is 3.43. The van der Waals surface area contributed by atoms with E-state index in [1.54, 1.807) is 17.0 Å². The summed E-state index contributed by atoms with van der Waals surface area (Å²) in [6, 6.07) is 4.75. The van der Waals surface area contributed by atoms with E-state index in [0.29, 0.717) is 28.7 Å². The molecule has 2 amide bonds. The Balaban J connectivity index is 2.17. The van der Waals surface area contributed by atoms with Gasteiger partial charge in [0.1, 0.15) is 0 Å². The van der Waals surface area contributed by atoms with Gasteiger partial charge in [-0.05, 0) is 24.1 Å². The van der Waals surface area contributed by atoms with Crippen LogP contribution in [0.25, 0.3) is 0 Å². The number of amides is 2. The van der Waals surface area contributed by atoms with Crippen molar-refractivity contribution in [1.82, 2.24) is 4.90 Å². The quantitative estimate of drug-likeness (QED) is 0.910. The molecule has 1 aliphatic heterocycles. The molecule has 0 bridgehead atoms. The van der Waals surface area contributed by atoms with Crippen LogP contribution in [-0.2, 0) is 4.79 Å². The molecule has 0 unspecified atom stereocenters. The number of halogens is 2. The Bertz CT molecular complexity index is 533. The standard InChI is InChI=1S/C13H14Cl2N2O2/c1-7-5-17(6-9(7)12(16)18)13(19)8-2-3-10(14)11(15)4-8/h2-4,7,9H,5-6H2,1H3,(H2,16,18)/t7-,9-/m1/s1. The van der Waals surface area contributed by atoms with Gasteiger partial charge in [0.2, 0.25) is 5.91 Å². The maximum atomic E-state index is 12.3. The summed E-state index contributed by atoms with van der Waals surface area (Å²) in [6.45, 7) is 2.79. The van der Waals surface area contributed by atoms with Gasteiger partial charge in [0.25, 0.3) is 5.91 Å². The van der Waals surface area contributed by atoms with Crippen molar-refractivity contribution in [2.45, 2.75) is 6.92 Å². The SMILES string of the molecule is C[C@@H]1CN(C(=O)c2ccc(Cl)c(Cl)c2)C[C@H]1C(N)=O. The summed E-state index contributed by atoms with van der Waals surface area (Å²) in [5.41, 5.74) is 5.78. The summed E-state index contributed by atoms with van der Waals surface area (Å²) in [5, 5.41) is 0.745. The van der Waals surface area contributed by atoms with Crippen LogP contribution in [-0.4, -0.2) is 29.8 Å². The summed E-state index contributed by atoms with van der Waals surface area (Å²) in [6.07, 6.45) is 0. The van der Waals surface area contributed by atoms with E-state index < -0.39 is 0 Å². The first-order valence-corrected chi connectivity index (χ1v) is 6.69. The van der Waals surface area contributed by atoms with Crippen LogP contribution in [0.2, 0.25) is 10.0 Å². The Morgan fingerprint density at radius 1 is 1.26 bits per heavy atom. The largest absolute Gasteiger partial charge is 0.369 e. The predicted molar refractivity (Wildman–Crippen MR) is 74.2 cm³/mol. The Labute approximate surface area is 121 Å². The molecule has 1 fully saturated rings. The number of carbonyl (C=O) groups is 2. The zero-order valence-electron chi connectivity index (χ0n) is 10.4. The van der Waals surface area contributed by atoms with E-state index in [1.807, 2.05) is 6.92 Å². The predicted octanol–water partition coefficient (Wildman–Crippen LogP) is 2.19. The second kappa shape index (κ2) is 5.39. The highest BCUT2D eigenvalue weighted by Gasteiger charge is 2.36. The summed E-state index contributed by atoms with van der Waals surface area (Å²) >= 11 is 11.7. The van der Waals surface area contributed by atoms with Crippen LogP contribution in [0, 0.1) is 11.8 Å². The smallest absolute Gasteiger partial charge is 0.253 e. The molecule has 0 saturated carbocycles. The first-order chi connectivity index (χ1) is 8.90.